The van der Waals surface area contributed by atoms with Crippen LogP contribution in [0.1, 0.15) is 46.5 Å². The van der Waals surface area contributed by atoms with Crippen molar-refractivity contribution in [3.05, 3.63) is 24.3 Å². The monoisotopic (exact) mass is 378 g/mol. The Kier molecular flexibility index (Phi) is 6.69. The van der Waals surface area contributed by atoms with Crippen LogP contribution in [-0.2, 0) is 14.4 Å². The predicted octanol–water partition coefficient (Wildman–Crippen LogP) is 3.28. The molecule has 0 aliphatic heterocycles. The molecule has 0 bridgehead atoms. The Bertz CT molecular complexity index is 667. The number of thioether (sulfide) groups is 1. The molecule has 26 heavy (non-hydrogen) atoms. The van der Waals surface area contributed by atoms with Gasteiger partial charge in [-0.15, -0.1) is 11.8 Å². The van der Waals surface area contributed by atoms with E-state index in [0.29, 0.717) is 24.4 Å². The highest BCUT2D eigenvalue weighted by atomic mass is 32.2. The molecule has 1 saturated carbocycles. The normalized spacial score (nSPS) is 23.7. The highest BCUT2D eigenvalue weighted by molar-refractivity contribution is 8.00. The molecule has 0 saturated heterocycles. The summed E-state index contributed by atoms with van der Waals surface area (Å²) in [4.78, 5) is 36.3. The van der Waals surface area contributed by atoms with Crippen molar-refractivity contribution in [3.63, 3.8) is 0 Å². The van der Waals surface area contributed by atoms with Gasteiger partial charge in [-0.25, -0.2) is 4.79 Å². The largest absolute Gasteiger partial charge is 0.480 e. The first kappa shape index (κ1) is 20.3. The number of rotatable bonds is 6. The quantitative estimate of drug-likeness (QED) is 0.660. The van der Waals surface area contributed by atoms with Gasteiger partial charge in [0.2, 0.25) is 11.8 Å². The lowest BCUT2D eigenvalue weighted by Crippen LogP contribution is -2.57. The van der Waals surface area contributed by atoms with Gasteiger partial charge in [0.25, 0.3) is 0 Å². The lowest BCUT2D eigenvalue weighted by molar-refractivity contribution is -0.149. The highest BCUT2D eigenvalue weighted by Crippen LogP contribution is 2.33. The predicted molar refractivity (Wildman–Crippen MR) is 102 cm³/mol. The summed E-state index contributed by atoms with van der Waals surface area (Å²) in [5, 5.41) is 14.7. The molecule has 1 aliphatic carbocycles. The van der Waals surface area contributed by atoms with E-state index in [1.54, 1.807) is 19.1 Å². The summed E-state index contributed by atoms with van der Waals surface area (Å²) in [6.45, 7) is 5.32. The Hall–Kier alpha value is -2.02. The van der Waals surface area contributed by atoms with E-state index in [0.717, 1.165) is 17.7 Å². The van der Waals surface area contributed by atoms with Gasteiger partial charge in [-0.2, -0.15) is 0 Å². The molecule has 2 amide bonds. The Morgan fingerprint density at radius 1 is 1.19 bits per heavy atom. The number of hydrogen-bond acceptors (Lipinski definition) is 4. The van der Waals surface area contributed by atoms with Crippen LogP contribution in [0.2, 0.25) is 0 Å². The van der Waals surface area contributed by atoms with E-state index in [9.17, 15) is 19.5 Å². The Morgan fingerprint density at radius 2 is 1.77 bits per heavy atom. The van der Waals surface area contributed by atoms with Gasteiger partial charge in [-0.3, -0.25) is 9.59 Å². The fourth-order valence-corrected chi connectivity index (χ4v) is 3.93. The van der Waals surface area contributed by atoms with E-state index in [2.05, 4.69) is 17.6 Å². The molecule has 0 heterocycles. The smallest absolute Gasteiger partial charge is 0.329 e. The minimum Gasteiger partial charge on any atom is -0.480 e. The second-order valence-corrected chi connectivity index (χ2v) is 8.44. The van der Waals surface area contributed by atoms with Crippen LogP contribution in [0, 0.1) is 5.92 Å². The first-order chi connectivity index (χ1) is 12.2. The van der Waals surface area contributed by atoms with E-state index in [1.165, 1.54) is 18.7 Å². The summed E-state index contributed by atoms with van der Waals surface area (Å²) in [6.07, 6.45) is 2.55. The first-order valence-corrected chi connectivity index (χ1v) is 9.69. The molecule has 1 fully saturated rings. The van der Waals surface area contributed by atoms with Gasteiger partial charge in [0.15, 0.2) is 0 Å². The highest BCUT2D eigenvalue weighted by Gasteiger charge is 2.43. The molecule has 0 radical (unpaired) electrons. The van der Waals surface area contributed by atoms with Crippen molar-refractivity contribution in [2.45, 2.75) is 62.1 Å². The van der Waals surface area contributed by atoms with Crippen molar-refractivity contribution in [2.75, 3.05) is 5.32 Å². The Labute approximate surface area is 158 Å². The summed E-state index contributed by atoms with van der Waals surface area (Å²) in [7, 11) is 0. The van der Waals surface area contributed by atoms with Crippen molar-refractivity contribution >= 4 is 35.2 Å². The SMILES string of the molecule is CC(=O)Nc1ccc(SC(C)C(=O)NC2(C(=O)O)CCC(C)CC2)cc1. The van der Waals surface area contributed by atoms with Gasteiger partial charge < -0.3 is 15.7 Å². The zero-order chi connectivity index (χ0) is 19.3. The molecule has 3 N–H and O–H groups in total. The van der Waals surface area contributed by atoms with E-state index in [1.807, 2.05) is 12.1 Å². The van der Waals surface area contributed by atoms with Crippen molar-refractivity contribution in [2.24, 2.45) is 5.92 Å². The fourth-order valence-electron chi connectivity index (χ4n) is 3.06. The molecule has 142 valence electrons. The van der Waals surface area contributed by atoms with Gasteiger partial charge in [0.1, 0.15) is 5.54 Å². The van der Waals surface area contributed by atoms with Crippen LogP contribution in [0.15, 0.2) is 29.2 Å². The van der Waals surface area contributed by atoms with Gasteiger partial charge >= 0.3 is 5.97 Å². The molecular weight excluding hydrogens is 352 g/mol. The molecule has 1 unspecified atom stereocenters. The zero-order valence-electron chi connectivity index (χ0n) is 15.4. The van der Waals surface area contributed by atoms with Crippen LogP contribution in [0.4, 0.5) is 5.69 Å². The average molecular weight is 378 g/mol. The number of anilines is 1. The van der Waals surface area contributed by atoms with Crippen LogP contribution < -0.4 is 10.6 Å². The number of nitrogens with one attached hydrogen (secondary N) is 2. The standard InChI is InChI=1S/C19H26N2O4S/c1-12-8-10-19(11-9-12,18(24)25)21-17(23)13(2)26-16-6-4-15(5-7-16)20-14(3)22/h4-7,12-13H,8-11H2,1-3H3,(H,20,22)(H,21,23)(H,24,25). The van der Waals surface area contributed by atoms with Crippen molar-refractivity contribution in [1.82, 2.24) is 5.32 Å². The maximum absolute atomic E-state index is 12.6. The summed E-state index contributed by atoms with van der Waals surface area (Å²) in [6, 6.07) is 7.20. The summed E-state index contributed by atoms with van der Waals surface area (Å²) in [5.41, 5.74) is -0.451. The number of hydrogen-bond donors (Lipinski definition) is 3. The molecule has 1 atom stereocenters. The third-order valence-electron chi connectivity index (χ3n) is 4.76. The van der Waals surface area contributed by atoms with Gasteiger partial charge in [-0.05, 0) is 62.8 Å². The summed E-state index contributed by atoms with van der Waals surface area (Å²) in [5.74, 6) is -0.861. The fraction of sp³-hybridized carbons (Fsp3) is 0.526. The molecule has 0 spiro atoms. The minimum absolute atomic E-state index is 0.140. The van der Waals surface area contributed by atoms with Gasteiger partial charge in [0, 0.05) is 17.5 Å². The number of carboxylic acids is 1. The van der Waals surface area contributed by atoms with Gasteiger partial charge in [-0.1, -0.05) is 6.92 Å². The number of carbonyl (C=O) groups excluding carboxylic acids is 2. The third kappa shape index (κ3) is 5.24. The summed E-state index contributed by atoms with van der Waals surface area (Å²) >= 11 is 1.36. The number of benzene rings is 1. The van der Waals surface area contributed by atoms with E-state index < -0.39 is 16.8 Å². The lowest BCUT2D eigenvalue weighted by Gasteiger charge is -2.37. The number of carboxylic acid groups (broad SMARTS) is 1. The molecule has 6 nitrogen and oxygen atoms in total. The van der Waals surface area contributed by atoms with E-state index >= 15 is 0 Å². The van der Waals surface area contributed by atoms with Crippen LogP contribution in [0.25, 0.3) is 0 Å². The molecule has 1 aliphatic rings. The zero-order valence-corrected chi connectivity index (χ0v) is 16.2. The molecule has 2 rings (SSSR count). The van der Waals surface area contributed by atoms with Gasteiger partial charge in [0.05, 0.1) is 5.25 Å². The van der Waals surface area contributed by atoms with Crippen LogP contribution in [0.5, 0.6) is 0 Å². The molecule has 1 aromatic carbocycles. The molecule has 0 aromatic heterocycles. The van der Waals surface area contributed by atoms with Crippen molar-refractivity contribution in [3.8, 4) is 0 Å². The second-order valence-electron chi connectivity index (χ2n) is 7.02. The maximum Gasteiger partial charge on any atom is 0.329 e. The topological polar surface area (TPSA) is 95.5 Å². The summed E-state index contributed by atoms with van der Waals surface area (Å²) < 4.78 is 0. The molecule has 1 aromatic rings. The van der Waals surface area contributed by atoms with Crippen molar-refractivity contribution < 1.29 is 19.5 Å². The first-order valence-electron chi connectivity index (χ1n) is 8.81. The molecular formula is C19H26N2O4S. The maximum atomic E-state index is 12.6. The number of amides is 2. The van der Waals surface area contributed by atoms with Crippen molar-refractivity contribution in [1.29, 1.82) is 0 Å². The minimum atomic E-state index is -1.15. The lowest BCUT2D eigenvalue weighted by atomic mass is 9.77. The average Bonchev–Trinajstić information content (AvgIpc) is 2.58. The number of carbonyl (C=O) groups is 3. The van der Waals surface area contributed by atoms with Crippen LogP contribution in [-0.4, -0.2) is 33.7 Å². The van der Waals surface area contributed by atoms with E-state index in [4.69, 9.17) is 0 Å². The van der Waals surface area contributed by atoms with Crippen LogP contribution in [0.3, 0.4) is 0 Å². The number of aliphatic carboxylic acids is 1. The third-order valence-corrected chi connectivity index (χ3v) is 5.87. The Morgan fingerprint density at radius 3 is 2.27 bits per heavy atom. The Balaban J connectivity index is 1.98. The second kappa shape index (κ2) is 8.58. The molecule has 7 heteroatoms. The van der Waals surface area contributed by atoms with Crippen LogP contribution >= 0.6 is 11.8 Å². The van der Waals surface area contributed by atoms with E-state index in [-0.39, 0.29) is 11.8 Å².